The molecule has 0 bridgehead atoms. The topological polar surface area (TPSA) is 29.0 Å². The Morgan fingerprint density at radius 2 is 1.88 bits per heavy atom. The van der Waals surface area contributed by atoms with Gasteiger partial charge in [-0.3, -0.25) is 0 Å². The standard InChI is InChI=1S/C12H20ClN3/c1-6-16(7-8(2)3)12-9(4)11(13)14-10(5)15-12/h8H,6-7H2,1-5H3. The molecule has 4 heteroatoms. The third-order valence-corrected chi connectivity index (χ3v) is 2.81. The fourth-order valence-corrected chi connectivity index (χ4v) is 1.90. The van der Waals surface area contributed by atoms with Crippen LogP contribution in [-0.4, -0.2) is 23.1 Å². The van der Waals surface area contributed by atoms with Crippen LogP contribution in [0.15, 0.2) is 0 Å². The first kappa shape index (κ1) is 13.2. The second-order valence-corrected chi connectivity index (χ2v) is 4.80. The molecule has 0 saturated heterocycles. The zero-order chi connectivity index (χ0) is 12.3. The van der Waals surface area contributed by atoms with Gasteiger partial charge in [0.1, 0.15) is 16.8 Å². The van der Waals surface area contributed by atoms with Gasteiger partial charge in [-0.15, -0.1) is 0 Å². The summed E-state index contributed by atoms with van der Waals surface area (Å²) in [5, 5.41) is 0.560. The lowest BCUT2D eigenvalue weighted by Gasteiger charge is -2.25. The Labute approximate surface area is 103 Å². The third kappa shape index (κ3) is 3.08. The summed E-state index contributed by atoms with van der Waals surface area (Å²) >= 11 is 6.08. The summed E-state index contributed by atoms with van der Waals surface area (Å²) < 4.78 is 0. The van der Waals surface area contributed by atoms with Gasteiger partial charge in [0.2, 0.25) is 0 Å². The Bertz CT molecular complexity index is 364. The van der Waals surface area contributed by atoms with Crippen molar-refractivity contribution in [3.8, 4) is 0 Å². The molecule has 90 valence electrons. The molecule has 0 saturated carbocycles. The van der Waals surface area contributed by atoms with Crippen LogP contribution in [0.25, 0.3) is 0 Å². The van der Waals surface area contributed by atoms with Crippen LogP contribution in [-0.2, 0) is 0 Å². The SMILES string of the molecule is CCN(CC(C)C)c1nc(C)nc(Cl)c1C. The van der Waals surface area contributed by atoms with E-state index in [9.17, 15) is 0 Å². The molecule has 0 amide bonds. The van der Waals surface area contributed by atoms with E-state index in [1.807, 2.05) is 13.8 Å². The van der Waals surface area contributed by atoms with Gasteiger partial charge in [0.15, 0.2) is 0 Å². The number of hydrogen-bond donors (Lipinski definition) is 0. The molecule has 0 fully saturated rings. The highest BCUT2D eigenvalue weighted by Crippen LogP contribution is 2.23. The fraction of sp³-hybridized carbons (Fsp3) is 0.667. The molecule has 1 heterocycles. The first-order chi connectivity index (χ1) is 7.45. The second kappa shape index (κ2) is 5.48. The Kier molecular flexibility index (Phi) is 4.54. The van der Waals surface area contributed by atoms with Gasteiger partial charge in [-0.2, -0.15) is 0 Å². The smallest absolute Gasteiger partial charge is 0.137 e. The number of hydrogen-bond acceptors (Lipinski definition) is 3. The highest BCUT2D eigenvalue weighted by Gasteiger charge is 2.14. The van der Waals surface area contributed by atoms with Crippen molar-refractivity contribution in [3.63, 3.8) is 0 Å². The molecule has 0 aliphatic heterocycles. The zero-order valence-electron chi connectivity index (χ0n) is 10.7. The molecule has 0 radical (unpaired) electrons. The van der Waals surface area contributed by atoms with Gasteiger partial charge in [0, 0.05) is 18.7 Å². The monoisotopic (exact) mass is 241 g/mol. The molecule has 0 aliphatic carbocycles. The normalized spacial score (nSPS) is 10.9. The van der Waals surface area contributed by atoms with Gasteiger partial charge in [-0.1, -0.05) is 25.4 Å². The zero-order valence-corrected chi connectivity index (χ0v) is 11.5. The quantitative estimate of drug-likeness (QED) is 0.758. The van der Waals surface area contributed by atoms with E-state index >= 15 is 0 Å². The number of halogens is 1. The van der Waals surface area contributed by atoms with Gasteiger partial charge in [0.25, 0.3) is 0 Å². The highest BCUT2D eigenvalue weighted by molar-refractivity contribution is 6.30. The lowest BCUT2D eigenvalue weighted by molar-refractivity contribution is 0.612. The lowest BCUT2D eigenvalue weighted by Crippen LogP contribution is -2.29. The van der Waals surface area contributed by atoms with Crippen molar-refractivity contribution in [1.82, 2.24) is 9.97 Å². The van der Waals surface area contributed by atoms with E-state index in [1.54, 1.807) is 0 Å². The largest absolute Gasteiger partial charge is 0.356 e. The molecule has 0 N–H and O–H groups in total. The van der Waals surface area contributed by atoms with Crippen LogP contribution in [0.4, 0.5) is 5.82 Å². The maximum atomic E-state index is 6.08. The Morgan fingerprint density at radius 1 is 1.25 bits per heavy atom. The minimum atomic E-state index is 0.560. The highest BCUT2D eigenvalue weighted by atomic mass is 35.5. The molecule has 0 atom stereocenters. The molecule has 1 aromatic heterocycles. The molecule has 1 rings (SSSR count). The summed E-state index contributed by atoms with van der Waals surface area (Å²) in [6.45, 7) is 12.3. The predicted molar refractivity (Wildman–Crippen MR) is 69.2 cm³/mol. The van der Waals surface area contributed by atoms with Crippen molar-refractivity contribution in [2.24, 2.45) is 5.92 Å². The average molecular weight is 242 g/mol. The molecular formula is C12H20ClN3. The van der Waals surface area contributed by atoms with Crippen molar-refractivity contribution in [1.29, 1.82) is 0 Å². The van der Waals surface area contributed by atoms with E-state index in [2.05, 4.69) is 35.6 Å². The van der Waals surface area contributed by atoms with Crippen LogP contribution in [0.5, 0.6) is 0 Å². The summed E-state index contributed by atoms with van der Waals surface area (Å²) in [5.41, 5.74) is 0.967. The van der Waals surface area contributed by atoms with Crippen LogP contribution in [0.1, 0.15) is 32.2 Å². The minimum Gasteiger partial charge on any atom is -0.356 e. The summed E-state index contributed by atoms with van der Waals surface area (Å²) in [6.07, 6.45) is 0. The van der Waals surface area contributed by atoms with Gasteiger partial charge < -0.3 is 4.90 Å². The molecule has 0 aromatic carbocycles. The van der Waals surface area contributed by atoms with E-state index in [0.29, 0.717) is 11.1 Å². The first-order valence-corrected chi connectivity index (χ1v) is 6.09. The van der Waals surface area contributed by atoms with Crippen LogP contribution < -0.4 is 4.90 Å². The number of rotatable bonds is 4. The Hall–Kier alpha value is -0.830. The van der Waals surface area contributed by atoms with E-state index < -0.39 is 0 Å². The predicted octanol–water partition coefficient (Wildman–Crippen LogP) is 3.23. The van der Waals surface area contributed by atoms with E-state index in [0.717, 1.165) is 30.3 Å². The fourth-order valence-electron chi connectivity index (χ4n) is 1.69. The van der Waals surface area contributed by atoms with Crippen molar-refractivity contribution >= 4 is 17.4 Å². The molecule has 0 aliphatic rings. The first-order valence-electron chi connectivity index (χ1n) is 5.71. The molecule has 16 heavy (non-hydrogen) atoms. The summed E-state index contributed by atoms with van der Waals surface area (Å²) in [4.78, 5) is 10.9. The van der Waals surface area contributed by atoms with Crippen molar-refractivity contribution in [2.45, 2.75) is 34.6 Å². The molecule has 1 aromatic rings. The second-order valence-electron chi connectivity index (χ2n) is 4.44. The number of anilines is 1. The lowest BCUT2D eigenvalue weighted by atomic mass is 10.2. The minimum absolute atomic E-state index is 0.560. The van der Waals surface area contributed by atoms with Gasteiger partial charge in [-0.25, -0.2) is 9.97 Å². The van der Waals surface area contributed by atoms with Gasteiger partial charge in [-0.05, 0) is 26.7 Å². The van der Waals surface area contributed by atoms with Crippen molar-refractivity contribution in [2.75, 3.05) is 18.0 Å². The molecule has 0 spiro atoms. The maximum Gasteiger partial charge on any atom is 0.137 e. The Morgan fingerprint density at radius 3 is 2.38 bits per heavy atom. The maximum absolute atomic E-state index is 6.08. The van der Waals surface area contributed by atoms with Crippen LogP contribution in [0, 0.1) is 19.8 Å². The molecule has 0 unspecified atom stereocenters. The van der Waals surface area contributed by atoms with E-state index in [-0.39, 0.29) is 0 Å². The van der Waals surface area contributed by atoms with Crippen LogP contribution >= 0.6 is 11.6 Å². The molecule has 3 nitrogen and oxygen atoms in total. The number of nitrogens with zero attached hydrogens (tertiary/aromatic N) is 3. The molecular weight excluding hydrogens is 222 g/mol. The van der Waals surface area contributed by atoms with Gasteiger partial charge in [0.05, 0.1) is 0 Å². The van der Waals surface area contributed by atoms with Crippen LogP contribution in [0.3, 0.4) is 0 Å². The summed E-state index contributed by atoms with van der Waals surface area (Å²) in [6, 6.07) is 0. The summed E-state index contributed by atoms with van der Waals surface area (Å²) in [5.74, 6) is 2.30. The number of aromatic nitrogens is 2. The van der Waals surface area contributed by atoms with Crippen molar-refractivity contribution < 1.29 is 0 Å². The summed E-state index contributed by atoms with van der Waals surface area (Å²) in [7, 11) is 0. The van der Waals surface area contributed by atoms with E-state index in [1.165, 1.54) is 0 Å². The van der Waals surface area contributed by atoms with E-state index in [4.69, 9.17) is 11.6 Å². The average Bonchev–Trinajstić information content (AvgIpc) is 2.20. The number of aryl methyl sites for hydroxylation is 1. The van der Waals surface area contributed by atoms with Gasteiger partial charge >= 0.3 is 0 Å². The third-order valence-electron chi connectivity index (χ3n) is 2.44. The Balaban J connectivity index is 3.09. The van der Waals surface area contributed by atoms with Crippen molar-refractivity contribution in [3.05, 3.63) is 16.5 Å². The van der Waals surface area contributed by atoms with Crippen LogP contribution in [0.2, 0.25) is 5.15 Å².